The topological polar surface area (TPSA) is 30.7 Å². The molecule has 0 aliphatic heterocycles. The quantitative estimate of drug-likeness (QED) is 0.653. The summed E-state index contributed by atoms with van der Waals surface area (Å²) in [7, 11) is 0. The van der Waals surface area contributed by atoms with Gasteiger partial charge in [-0.05, 0) is 0 Å². The first-order chi connectivity index (χ1) is 5.41. The van der Waals surface area contributed by atoms with Crippen LogP contribution in [0.1, 0.15) is 33.1 Å². The van der Waals surface area contributed by atoms with Gasteiger partial charge in [-0.15, -0.1) is 0 Å². The minimum Gasteiger partial charge on any atom is -0.219 e. The van der Waals surface area contributed by atoms with Crippen molar-refractivity contribution in [1.82, 2.24) is 14.8 Å². The standard InChI is InChI=1S/C7H11F2N3/c1-7(2,3)5-10-4-12(11-5)6(8)9/h4,6H,1-3H3. The average molecular weight is 175 g/mol. The molecule has 0 amide bonds. The average Bonchev–Trinajstić information content (AvgIpc) is 2.30. The molecular weight excluding hydrogens is 164 g/mol. The lowest BCUT2D eigenvalue weighted by Crippen LogP contribution is -2.14. The van der Waals surface area contributed by atoms with Crippen molar-refractivity contribution in [2.24, 2.45) is 0 Å². The van der Waals surface area contributed by atoms with Crippen molar-refractivity contribution in [3.8, 4) is 0 Å². The van der Waals surface area contributed by atoms with Gasteiger partial charge < -0.3 is 0 Å². The molecule has 1 heterocycles. The highest BCUT2D eigenvalue weighted by atomic mass is 19.3. The molecule has 1 aromatic heterocycles. The largest absolute Gasteiger partial charge is 0.334 e. The fourth-order valence-corrected chi connectivity index (χ4v) is 0.713. The molecular formula is C7H11F2N3. The molecule has 0 atom stereocenters. The van der Waals surface area contributed by atoms with Gasteiger partial charge in [-0.2, -0.15) is 18.6 Å². The van der Waals surface area contributed by atoms with Crippen LogP contribution in [0.5, 0.6) is 0 Å². The second-order valence-corrected chi connectivity index (χ2v) is 3.58. The van der Waals surface area contributed by atoms with Crippen LogP contribution >= 0.6 is 0 Å². The Hall–Kier alpha value is -1.00. The first kappa shape index (κ1) is 9.09. The molecule has 0 aromatic carbocycles. The molecule has 12 heavy (non-hydrogen) atoms. The van der Waals surface area contributed by atoms with Crippen molar-refractivity contribution < 1.29 is 8.78 Å². The fraction of sp³-hybridized carbons (Fsp3) is 0.714. The van der Waals surface area contributed by atoms with E-state index < -0.39 is 6.55 Å². The first-order valence-electron chi connectivity index (χ1n) is 3.61. The lowest BCUT2D eigenvalue weighted by atomic mass is 9.96. The fourth-order valence-electron chi connectivity index (χ4n) is 0.713. The maximum Gasteiger partial charge on any atom is 0.334 e. The highest BCUT2D eigenvalue weighted by Gasteiger charge is 2.20. The van der Waals surface area contributed by atoms with E-state index in [-0.39, 0.29) is 5.41 Å². The van der Waals surface area contributed by atoms with Gasteiger partial charge in [-0.1, -0.05) is 20.8 Å². The zero-order valence-corrected chi connectivity index (χ0v) is 7.25. The van der Waals surface area contributed by atoms with Gasteiger partial charge in [0.1, 0.15) is 6.33 Å². The van der Waals surface area contributed by atoms with E-state index in [9.17, 15) is 8.78 Å². The third-order valence-electron chi connectivity index (χ3n) is 1.38. The van der Waals surface area contributed by atoms with Gasteiger partial charge in [0, 0.05) is 5.41 Å². The minimum atomic E-state index is -2.60. The van der Waals surface area contributed by atoms with Gasteiger partial charge >= 0.3 is 6.55 Å². The number of alkyl halides is 2. The van der Waals surface area contributed by atoms with E-state index in [1.165, 1.54) is 0 Å². The van der Waals surface area contributed by atoms with Crippen LogP contribution in [0.15, 0.2) is 6.33 Å². The molecule has 0 aliphatic rings. The number of hydrogen-bond donors (Lipinski definition) is 0. The van der Waals surface area contributed by atoms with E-state index in [0.717, 1.165) is 6.33 Å². The number of rotatable bonds is 1. The zero-order valence-electron chi connectivity index (χ0n) is 7.25. The number of aromatic nitrogens is 3. The smallest absolute Gasteiger partial charge is 0.219 e. The summed E-state index contributed by atoms with van der Waals surface area (Å²) in [6, 6.07) is 0. The SMILES string of the molecule is CC(C)(C)c1ncn(C(F)F)n1. The Morgan fingerprint density at radius 2 is 2.00 bits per heavy atom. The van der Waals surface area contributed by atoms with Gasteiger partial charge in [0.25, 0.3) is 0 Å². The summed E-state index contributed by atoms with van der Waals surface area (Å²) in [5, 5.41) is 3.64. The molecule has 0 aliphatic carbocycles. The summed E-state index contributed by atoms with van der Waals surface area (Å²) >= 11 is 0. The maximum atomic E-state index is 12.0. The molecule has 0 saturated heterocycles. The van der Waals surface area contributed by atoms with E-state index in [0.29, 0.717) is 10.5 Å². The molecule has 0 spiro atoms. The second-order valence-electron chi connectivity index (χ2n) is 3.58. The van der Waals surface area contributed by atoms with E-state index in [1.54, 1.807) is 0 Å². The van der Waals surface area contributed by atoms with E-state index in [1.807, 2.05) is 20.8 Å². The third-order valence-corrected chi connectivity index (χ3v) is 1.38. The molecule has 0 fully saturated rings. The lowest BCUT2D eigenvalue weighted by Gasteiger charge is -2.12. The number of hydrogen-bond acceptors (Lipinski definition) is 2. The van der Waals surface area contributed by atoms with Crippen molar-refractivity contribution in [2.75, 3.05) is 0 Å². The Balaban J connectivity index is 2.92. The van der Waals surface area contributed by atoms with Gasteiger partial charge in [0.15, 0.2) is 5.82 Å². The summed E-state index contributed by atoms with van der Waals surface area (Å²) in [6.45, 7) is 3.02. The van der Waals surface area contributed by atoms with Crippen LogP contribution in [-0.4, -0.2) is 14.8 Å². The molecule has 0 N–H and O–H groups in total. The predicted octanol–water partition coefficient (Wildman–Crippen LogP) is 1.97. The van der Waals surface area contributed by atoms with Crippen LogP contribution in [0.2, 0.25) is 0 Å². The molecule has 0 radical (unpaired) electrons. The highest BCUT2D eigenvalue weighted by molar-refractivity contribution is 4.98. The van der Waals surface area contributed by atoms with Crippen LogP contribution in [0.4, 0.5) is 8.78 Å². The van der Waals surface area contributed by atoms with Crippen LogP contribution in [0.3, 0.4) is 0 Å². The van der Waals surface area contributed by atoms with Gasteiger partial charge in [0.2, 0.25) is 0 Å². The third kappa shape index (κ3) is 1.78. The van der Waals surface area contributed by atoms with Crippen LogP contribution in [0.25, 0.3) is 0 Å². The molecule has 1 aromatic rings. The van der Waals surface area contributed by atoms with Crippen molar-refractivity contribution in [3.05, 3.63) is 12.2 Å². The van der Waals surface area contributed by atoms with Crippen molar-refractivity contribution in [1.29, 1.82) is 0 Å². The van der Waals surface area contributed by atoms with Crippen molar-refractivity contribution in [3.63, 3.8) is 0 Å². The van der Waals surface area contributed by atoms with Crippen molar-refractivity contribution >= 4 is 0 Å². The van der Waals surface area contributed by atoms with Crippen LogP contribution in [-0.2, 0) is 5.41 Å². The molecule has 0 saturated carbocycles. The summed E-state index contributed by atoms with van der Waals surface area (Å²) in [4.78, 5) is 3.78. The Morgan fingerprint density at radius 3 is 2.25 bits per heavy atom. The Labute approximate surface area is 69.4 Å². The zero-order chi connectivity index (χ0) is 9.35. The molecule has 5 heteroatoms. The molecule has 0 bridgehead atoms. The monoisotopic (exact) mass is 175 g/mol. The summed E-state index contributed by atoms with van der Waals surface area (Å²) in [6.07, 6.45) is 1.05. The van der Waals surface area contributed by atoms with Gasteiger partial charge in [-0.3, -0.25) is 0 Å². The summed E-state index contributed by atoms with van der Waals surface area (Å²) in [5.74, 6) is 0.433. The molecule has 0 unspecified atom stereocenters. The Kier molecular flexibility index (Phi) is 2.12. The summed E-state index contributed by atoms with van der Waals surface area (Å²) in [5.41, 5.74) is -0.278. The maximum absolute atomic E-state index is 12.0. The van der Waals surface area contributed by atoms with E-state index in [4.69, 9.17) is 0 Å². The number of halogens is 2. The van der Waals surface area contributed by atoms with E-state index in [2.05, 4.69) is 10.1 Å². The second kappa shape index (κ2) is 2.80. The Bertz CT molecular complexity index is 262. The van der Waals surface area contributed by atoms with Crippen molar-refractivity contribution in [2.45, 2.75) is 32.7 Å². The molecule has 68 valence electrons. The highest BCUT2D eigenvalue weighted by Crippen LogP contribution is 2.18. The predicted molar refractivity (Wildman–Crippen MR) is 40.0 cm³/mol. The van der Waals surface area contributed by atoms with Gasteiger partial charge in [-0.25, -0.2) is 4.98 Å². The molecule has 3 nitrogen and oxygen atoms in total. The normalized spacial score (nSPS) is 12.5. The van der Waals surface area contributed by atoms with Crippen LogP contribution in [0, 0.1) is 0 Å². The lowest BCUT2D eigenvalue weighted by molar-refractivity contribution is 0.0555. The molecule has 1 rings (SSSR count). The summed E-state index contributed by atoms with van der Waals surface area (Å²) < 4.78 is 24.6. The number of nitrogens with zero attached hydrogens (tertiary/aromatic N) is 3. The van der Waals surface area contributed by atoms with E-state index >= 15 is 0 Å². The van der Waals surface area contributed by atoms with Gasteiger partial charge in [0.05, 0.1) is 0 Å². The van der Waals surface area contributed by atoms with Crippen LogP contribution < -0.4 is 0 Å². The minimum absolute atomic E-state index is 0.278. The Morgan fingerprint density at radius 1 is 1.42 bits per heavy atom. The first-order valence-corrected chi connectivity index (χ1v) is 3.61.